The van der Waals surface area contributed by atoms with Crippen molar-refractivity contribution in [3.8, 4) is 0 Å². The molecule has 0 radical (unpaired) electrons. The number of benzene rings is 1. The van der Waals surface area contributed by atoms with Crippen LogP contribution < -0.4 is 5.32 Å². The van der Waals surface area contributed by atoms with E-state index in [-0.39, 0.29) is 10.4 Å². The smallest absolute Gasteiger partial charge is 0.327 e. The third-order valence-electron chi connectivity index (χ3n) is 3.47. The molecule has 1 aliphatic rings. The van der Waals surface area contributed by atoms with E-state index in [0.717, 1.165) is 18.9 Å². The molecule has 2 rings (SSSR count). The average molecular weight is 270 g/mol. The Morgan fingerprint density at radius 2 is 2.28 bits per heavy atom. The molecule has 0 spiro atoms. The minimum absolute atomic E-state index is 0.153. The SMILES string of the molecule is CSC1(CNc2cccc(F)c2[N+](=O)[O-])CCC1. The quantitative estimate of drug-likeness (QED) is 0.658. The lowest BCUT2D eigenvalue weighted by Gasteiger charge is -2.40. The Morgan fingerprint density at radius 3 is 2.78 bits per heavy atom. The molecule has 0 unspecified atom stereocenters. The molecule has 0 aromatic heterocycles. The number of nitro benzene ring substituents is 1. The molecule has 0 amide bonds. The highest BCUT2D eigenvalue weighted by molar-refractivity contribution is 8.00. The number of nitrogens with zero attached hydrogens (tertiary/aromatic N) is 1. The summed E-state index contributed by atoms with van der Waals surface area (Å²) in [5, 5.41) is 13.9. The van der Waals surface area contributed by atoms with Crippen LogP contribution in [-0.4, -0.2) is 22.5 Å². The lowest BCUT2D eigenvalue weighted by atomic mass is 9.84. The first-order valence-electron chi connectivity index (χ1n) is 5.80. The number of para-hydroxylation sites is 1. The maximum atomic E-state index is 13.4. The summed E-state index contributed by atoms with van der Waals surface area (Å²) in [7, 11) is 0. The van der Waals surface area contributed by atoms with Crippen LogP contribution in [0.4, 0.5) is 15.8 Å². The van der Waals surface area contributed by atoms with Gasteiger partial charge in [0.1, 0.15) is 5.69 Å². The zero-order chi connectivity index (χ0) is 13.2. The molecule has 1 N–H and O–H groups in total. The first-order chi connectivity index (χ1) is 8.58. The molecule has 18 heavy (non-hydrogen) atoms. The fraction of sp³-hybridized carbons (Fsp3) is 0.500. The van der Waals surface area contributed by atoms with Crippen molar-refractivity contribution < 1.29 is 9.31 Å². The molecular formula is C12H15FN2O2S. The average Bonchev–Trinajstić information content (AvgIpc) is 2.27. The maximum Gasteiger partial charge on any atom is 0.327 e. The van der Waals surface area contributed by atoms with Gasteiger partial charge >= 0.3 is 5.69 Å². The Labute approximate surface area is 109 Å². The van der Waals surface area contributed by atoms with Crippen molar-refractivity contribution >= 4 is 23.1 Å². The van der Waals surface area contributed by atoms with Crippen LogP contribution in [-0.2, 0) is 0 Å². The molecule has 6 heteroatoms. The van der Waals surface area contributed by atoms with Crippen molar-refractivity contribution in [3.05, 3.63) is 34.1 Å². The van der Waals surface area contributed by atoms with E-state index in [1.807, 2.05) is 6.26 Å². The normalized spacial score (nSPS) is 17.0. The zero-order valence-corrected chi connectivity index (χ0v) is 10.9. The van der Waals surface area contributed by atoms with Crippen molar-refractivity contribution in [3.63, 3.8) is 0 Å². The Balaban J connectivity index is 2.14. The predicted octanol–water partition coefficient (Wildman–Crippen LogP) is 3.43. The van der Waals surface area contributed by atoms with Gasteiger partial charge in [-0.15, -0.1) is 0 Å². The third-order valence-corrected chi connectivity index (χ3v) is 4.89. The van der Waals surface area contributed by atoms with Crippen molar-refractivity contribution in [2.75, 3.05) is 18.1 Å². The van der Waals surface area contributed by atoms with Crippen molar-refractivity contribution in [2.24, 2.45) is 0 Å². The van der Waals surface area contributed by atoms with Gasteiger partial charge in [0, 0.05) is 11.3 Å². The zero-order valence-electron chi connectivity index (χ0n) is 10.1. The van der Waals surface area contributed by atoms with Crippen LogP contribution in [0.1, 0.15) is 19.3 Å². The monoisotopic (exact) mass is 270 g/mol. The number of hydrogen-bond acceptors (Lipinski definition) is 4. The predicted molar refractivity (Wildman–Crippen MR) is 71.6 cm³/mol. The highest BCUT2D eigenvalue weighted by Gasteiger charge is 2.36. The van der Waals surface area contributed by atoms with Gasteiger partial charge in [-0.25, -0.2) is 0 Å². The number of thioether (sulfide) groups is 1. The third kappa shape index (κ3) is 2.43. The summed E-state index contributed by atoms with van der Waals surface area (Å²) in [6.45, 7) is 0.637. The van der Waals surface area contributed by atoms with Gasteiger partial charge in [-0.3, -0.25) is 10.1 Å². The first kappa shape index (κ1) is 13.1. The van der Waals surface area contributed by atoms with Crippen LogP contribution in [0.5, 0.6) is 0 Å². The Hall–Kier alpha value is -1.30. The van der Waals surface area contributed by atoms with E-state index < -0.39 is 16.4 Å². The summed E-state index contributed by atoms with van der Waals surface area (Å²) >= 11 is 1.77. The standard InChI is InChI=1S/C12H15FN2O2S/c1-18-12(6-3-7-12)8-14-10-5-2-4-9(13)11(10)15(16)17/h2,4-5,14H,3,6-8H2,1H3. The lowest BCUT2D eigenvalue weighted by molar-refractivity contribution is -0.386. The van der Waals surface area contributed by atoms with Gasteiger partial charge in [0.05, 0.1) is 4.92 Å². The molecule has 4 nitrogen and oxygen atoms in total. The second-order valence-electron chi connectivity index (χ2n) is 4.49. The van der Waals surface area contributed by atoms with Gasteiger partial charge in [0.2, 0.25) is 5.82 Å². The van der Waals surface area contributed by atoms with E-state index in [4.69, 9.17) is 0 Å². The van der Waals surface area contributed by atoms with Gasteiger partial charge < -0.3 is 5.32 Å². The molecule has 1 saturated carbocycles. The van der Waals surface area contributed by atoms with Crippen LogP contribution in [0.15, 0.2) is 18.2 Å². The minimum atomic E-state index is -0.795. The summed E-state index contributed by atoms with van der Waals surface area (Å²) in [5.74, 6) is -0.795. The second-order valence-corrected chi connectivity index (χ2v) is 5.76. The van der Waals surface area contributed by atoms with E-state index in [2.05, 4.69) is 5.32 Å². The highest BCUT2D eigenvalue weighted by atomic mass is 32.2. The summed E-state index contributed by atoms with van der Waals surface area (Å²) in [6, 6.07) is 4.14. The number of nitrogens with one attached hydrogen (secondary N) is 1. The molecule has 0 saturated heterocycles. The van der Waals surface area contributed by atoms with Crippen LogP contribution in [0.25, 0.3) is 0 Å². The van der Waals surface area contributed by atoms with Gasteiger partial charge in [-0.05, 0) is 31.2 Å². The number of hydrogen-bond donors (Lipinski definition) is 1. The summed E-state index contributed by atoms with van der Waals surface area (Å²) in [5.41, 5.74) is -0.201. The van der Waals surface area contributed by atoms with Crippen LogP contribution >= 0.6 is 11.8 Å². The van der Waals surface area contributed by atoms with E-state index in [0.29, 0.717) is 6.54 Å². The van der Waals surface area contributed by atoms with E-state index in [1.165, 1.54) is 12.5 Å². The van der Waals surface area contributed by atoms with Crippen molar-refractivity contribution in [1.82, 2.24) is 0 Å². The van der Waals surface area contributed by atoms with Crippen LogP contribution in [0, 0.1) is 15.9 Å². The molecule has 0 atom stereocenters. The molecule has 1 aromatic carbocycles. The molecule has 1 fully saturated rings. The molecule has 0 aliphatic heterocycles. The van der Waals surface area contributed by atoms with E-state index in [9.17, 15) is 14.5 Å². The Bertz CT molecular complexity index is 458. The Kier molecular flexibility index (Phi) is 3.75. The summed E-state index contributed by atoms with van der Waals surface area (Å²) < 4.78 is 13.6. The minimum Gasteiger partial charge on any atom is -0.378 e. The first-order valence-corrected chi connectivity index (χ1v) is 7.02. The van der Waals surface area contributed by atoms with E-state index >= 15 is 0 Å². The van der Waals surface area contributed by atoms with Gasteiger partial charge in [-0.1, -0.05) is 12.5 Å². The van der Waals surface area contributed by atoms with Crippen LogP contribution in [0.2, 0.25) is 0 Å². The number of rotatable bonds is 5. The number of nitro groups is 1. The second kappa shape index (κ2) is 5.14. The van der Waals surface area contributed by atoms with Gasteiger partial charge in [0.15, 0.2) is 0 Å². The topological polar surface area (TPSA) is 55.2 Å². The largest absolute Gasteiger partial charge is 0.378 e. The molecule has 1 aromatic rings. The fourth-order valence-electron chi connectivity index (χ4n) is 2.12. The van der Waals surface area contributed by atoms with Gasteiger partial charge in [-0.2, -0.15) is 16.2 Å². The highest BCUT2D eigenvalue weighted by Crippen LogP contribution is 2.43. The molecule has 0 bridgehead atoms. The maximum absolute atomic E-state index is 13.4. The molecular weight excluding hydrogens is 255 g/mol. The van der Waals surface area contributed by atoms with E-state index in [1.54, 1.807) is 17.8 Å². The summed E-state index contributed by atoms with van der Waals surface area (Å²) in [6.07, 6.45) is 5.43. The van der Waals surface area contributed by atoms with Crippen LogP contribution in [0.3, 0.4) is 0 Å². The molecule has 1 aliphatic carbocycles. The summed E-state index contributed by atoms with van der Waals surface area (Å²) in [4.78, 5) is 10.2. The lowest BCUT2D eigenvalue weighted by Crippen LogP contribution is -2.40. The molecule has 0 heterocycles. The number of anilines is 1. The fourth-order valence-corrected chi connectivity index (χ4v) is 3.04. The van der Waals surface area contributed by atoms with Gasteiger partial charge in [0.25, 0.3) is 0 Å². The number of halogens is 1. The van der Waals surface area contributed by atoms with Crippen molar-refractivity contribution in [1.29, 1.82) is 0 Å². The molecule has 98 valence electrons. The Morgan fingerprint density at radius 1 is 1.56 bits per heavy atom. The van der Waals surface area contributed by atoms with Crippen molar-refractivity contribution in [2.45, 2.75) is 24.0 Å².